The molecule has 218 valence electrons. The second-order valence-electron chi connectivity index (χ2n) is 9.86. The van der Waals surface area contributed by atoms with Crippen LogP contribution < -0.4 is 14.8 Å². The van der Waals surface area contributed by atoms with Crippen LogP contribution in [0.15, 0.2) is 61.1 Å². The zero-order chi connectivity index (χ0) is 29.8. The van der Waals surface area contributed by atoms with E-state index < -0.39 is 30.0 Å². The van der Waals surface area contributed by atoms with E-state index in [4.69, 9.17) is 18.9 Å². The summed E-state index contributed by atoms with van der Waals surface area (Å²) >= 11 is 0. The molecule has 0 aliphatic heterocycles. The van der Waals surface area contributed by atoms with Crippen LogP contribution in [0.1, 0.15) is 30.7 Å². The Balaban J connectivity index is 1.18. The Bertz CT molecular complexity index is 1730. The Labute approximate surface area is 240 Å². The van der Waals surface area contributed by atoms with Gasteiger partial charge < -0.3 is 29.2 Å². The number of halogens is 1. The Morgan fingerprint density at radius 1 is 1.10 bits per heavy atom. The van der Waals surface area contributed by atoms with E-state index in [2.05, 4.69) is 20.4 Å². The van der Waals surface area contributed by atoms with Crippen molar-refractivity contribution in [2.24, 2.45) is 0 Å². The first-order chi connectivity index (χ1) is 20.2. The van der Waals surface area contributed by atoms with Crippen molar-refractivity contribution in [1.29, 1.82) is 0 Å². The van der Waals surface area contributed by atoms with Crippen LogP contribution in [0.4, 0.5) is 9.18 Å². The minimum atomic E-state index is -0.931. The van der Waals surface area contributed by atoms with Gasteiger partial charge in [0.25, 0.3) is 0 Å². The first-order valence-electron chi connectivity index (χ1n) is 13.3. The van der Waals surface area contributed by atoms with Gasteiger partial charge in [-0.3, -0.25) is 0 Å². The van der Waals surface area contributed by atoms with Crippen molar-refractivity contribution in [1.82, 2.24) is 24.9 Å². The number of rotatable bonds is 10. The molecule has 0 radical (unpaired) electrons. The maximum absolute atomic E-state index is 15.1. The van der Waals surface area contributed by atoms with Gasteiger partial charge in [0.1, 0.15) is 43.0 Å². The third-order valence-electron chi connectivity index (χ3n) is 6.48. The average molecular weight is 576 g/mol. The molecular formula is C30H30FN5O6. The summed E-state index contributed by atoms with van der Waals surface area (Å²) in [5.74, 6) is -0.507. The van der Waals surface area contributed by atoms with Crippen LogP contribution in [0.3, 0.4) is 0 Å². The smallest absolute Gasteiger partial charge is 0.408 e. The number of hydrogen-bond donors (Lipinski definition) is 2. The monoisotopic (exact) mass is 575 g/mol. The van der Waals surface area contributed by atoms with Crippen LogP contribution >= 0.6 is 0 Å². The fourth-order valence-electron chi connectivity index (χ4n) is 4.34. The zero-order valence-corrected chi connectivity index (χ0v) is 23.5. The molecule has 3 aromatic heterocycles. The molecule has 0 bridgehead atoms. The summed E-state index contributed by atoms with van der Waals surface area (Å²) in [5.41, 5.74) is 3.48. The molecule has 1 amide bonds. The molecule has 0 aliphatic carbocycles. The molecular weight excluding hydrogens is 545 g/mol. The summed E-state index contributed by atoms with van der Waals surface area (Å²) in [5, 5.41) is 7.09. The number of alkyl carbamates (subject to hydrolysis) is 1. The number of aryl methyl sites for hydroxylation is 2. The molecule has 2 atom stereocenters. The van der Waals surface area contributed by atoms with Crippen molar-refractivity contribution in [3.63, 3.8) is 0 Å². The van der Waals surface area contributed by atoms with E-state index in [1.807, 2.05) is 37.3 Å². The summed E-state index contributed by atoms with van der Waals surface area (Å²) in [6.45, 7) is 6.92. The maximum Gasteiger partial charge on any atom is 0.408 e. The SMILES string of the molecule is Cc1cc2c(F)c(Oc3ncnn4cc(OCC(C)OC(=O)C(C)NC(=O)OCc5ccccc5)c(C)c34)ccc2[nH]1. The van der Waals surface area contributed by atoms with Gasteiger partial charge in [-0.1, -0.05) is 30.3 Å². The lowest BCUT2D eigenvalue weighted by Gasteiger charge is -2.18. The minimum absolute atomic E-state index is 0.0242. The summed E-state index contributed by atoms with van der Waals surface area (Å²) < 4.78 is 39.0. The van der Waals surface area contributed by atoms with Crippen LogP contribution in [0.25, 0.3) is 16.4 Å². The van der Waals surface area contributed by atoms with Crippen molar-refractivity contribution in [3.05, 3.63) is 83.7 Å². The second kappa shape index (κ2) is 12.2. The molecule has 5 aromatic rings. The van der Waals surface area contributed by atoms with Crippen LogP contribution in [0, 0.1) is 19.7 Å². The summed E-state index contributed by atoms with van der Waals surface area (Å²) in [6.07, 6.45) is 1.56. The molecule has 42 heavy (non-hydrogen) atoms. The molecule has 3 heterocycles. The number of carbonyl (C=O) groups is 2. The highest BCUT2D eigenvalue weighted by Gasteiger charge is 2.22. The largest absolute Gasteiger partial charge is 0.488 e. The van der Waals surface area contributed by atoms with Crippen LogP contribution in [0.5, 0.6) is 17.4 Å². The van der Waals surface area contributed by atoms with E-state index >= 15 is 4.39 Å². The Hall–Kier alpha value is -5.13. The van der Waals surface area contributed by atoms with Gasteiger partial charge in [-0.15, -0.1) is 0 Å². The van der Waals surface area contributed by atoms with Crippen molar-refractivity contribution < 1.29 is 32.9 Å². The highest BCUT2D eigenvalue weighted by Crippen LogP contribution is 2.34. The third-order valence-corrected chi connectivity index (χ3v) is 6.48. The Kier molecular flexibility index (Phi) is 8.23. The quantitative estimate of drug-likeness (QED) is 0.212. The van der Waals surface area contributed by atoms with Gasteiger partial charge in [0.15, 0.2) is 11.6 Å². The van der Waals surface area contributed by atoms with Gasteiger partial charge in [0, 0.05) is 22.2 Å². The van der Waals surface area contributed by atoms with Crippen LogP contribution in [-0.2, 0) is 20.9 Å². The van der Waals surface area contributed by atoms with Gasteiger partial charge in [0.2, 0.25) is 5.88 Å². The number of nitrogens with zero attached hydrogens (tertiary/aromatic N) is 3. The first kappa shape index (κ1) is 28.4. The van der Waals surface area contributed by atoms with Crippen molar-refractivity contribution in [2.75, 3.05) is 6.61 Å². The van der Waals surface area contributed by atoms with E-state index in [-0.39, 0.29) is 24.8 Å². The number of carbonyl (C=O) groups excluding carboxylic acids is 2. The van der Waals surface area contributed by atoms with Gasteiger partial charge in [-0.25, -0.2) is 18.5 Å². The number of H-pyrrole nitrogens is 1. The number of esters is 1. The lowest BCUT2D eigenvalue weighted by atomic mass is 10.2. The average Bonchev–Trinajstić information content (AvgIpc) is 3.52. The number of aromatic nitrogens is 4. The number of benzene rings is 2. The standard InChI is InChI=1S/C30H30FN5O6/c1-17-12-22-23(34-17)10-11-24(26(22)31)42-28-27-19(3)25(13-36(27)33-16-32-28)39-14-18(2)41-29(37)20(4)35-30(38)40-15-21-8-6-5-7-9-21/h5-13,16,18,20,34H,14-15H2,1-4H3,(H,35,38). The maximum atomic E-state index is 15.1. The molecule has 2 aromatic carbocycles. The molecule has 2 unspecified atom stereocenters. The van der Waals surface area contributed by atoms with Crippen molar-refractivity contribution >= 4 is 28.5 Å². The molecule has 0 spiro atoms. The summed E-state index contributed by atoms with van der Waals surface area (Å²) in [7, 11) is 0. The van der Waals surface area contributed by atoms with Crippen molar-refractivity contribution in [3.8, 4) is 17.4 Å². The van der Waals surface area contributed by atoms with E-state index in [0.717, 1.165) is 11.3 Å². The summed E-state index contributed by atoms with van der Waals surface area (Å²) in [4.78, 5) is 31.9. The molecule has 11 nitrogen and oxygen atoms in total. The molecule has 0 aliphatic rings. The van der Waals surface area contributed by atoms with Crippen molar-refractivity contribution in [2.45, 2.75) is 46.4 Å². The van der Waals surface area contributed by atoms with E-state index in [1.165, 1.54) is 23.8 Å². The van der Waals surface area contributed by atoms with Gasteiger partial charge in [-0.2, -0.15) is 10.1 Å². The first-order valence-corrected chi connectivity index (χ1v) is 13.3. The predicted molar refractivity (Wildman–Crippen MR) is 151 cm³/mol. The number of fused-ring (bicyclic) bond motifs is 2. The fraction of sp³-hybridized carbons (Fsp3) is 0.267. The highest BCUT2D eigenvalue weighted by molar-refractivity contribution is 5.83. The van der Waals surface area contributed by atoms with Gasteiger partial charge >= 0.3 is 12.1 Å². The van der Waals surface area contributed by atoms with Crippen LogP contribution in [-0.4, -0.2) is 50.4 Å². The zero-order valence-electron chi connectivity index (χ0n) is 23.5. The molecule has 2 N–H and O–H groups in total. The number of amides is 1. The predicted octanol–water partition coefficient (Wildman–Crippen LogP) is 5.38. The van der Waals surface area contributed by atoms with Crippen LogP contribution in [0.2, 0.25) is 0 Å². The molecule has 0 fully saturated rings. The minimum Gasteiger partial charge on any atom is -0.488 e. The number of nitrogens with one attached hydrogen (secondary N) is 2. The molecule has 5 rings (SSSR count). The Morgan fingerprint density at radius 2 is 1.88 bits per heavy atom. The topological polar surface area (TPSA) is 129 Å². The molecule has 12 heteroatoms. The van der Waals surface area contributed by atoms with E-state index in [9.17, 15) is 9.59 Å². The second-order valence-corrected chi connectivity index (χ2v) is 9.86. The Morgan fingerprint density at radius 3 is 2.67 bits per heavy atom. The normalized spacial score (nSPS) is 12.6. The fourth-order valence-corrected chi connectivity index (χ4v) is 4.34. The molecule has 0 saturated carbocycles. The third kappa shape index (κ3) is 6.27. The van der Waals surface area contributed by atoms with Gasteiger partial charge in [-0.05, 0) is 51.5 Å². The van der Waals surface area contributed by atoms with E-state index in [1.54, 1.807) is 32.2 Å². The summed E-state index contributed by atoms with van der Waals surface area (Å²) in [6, 6.07) is 13.3. The number of ether oxygens (including phenoxy) is 4. The lowest BCUT2D eigenvalue weighted by Crippen LogP contribution is -2.41. The lowest BCUT2D eigenvalue weighted by molar-refractivity contribution is -0.151. The number of aromatic amines is 1. The molecule has 0 saturated heterocycles. The highest BCUT2D eigenvalue weighted by atomic mass is 19.1. The van der Waals surface area contributed by atoms with E-state index in [0.29, 0.717) is 27.7 Å². The van der Waals surface area contributed by atoms with Gasteiger partial charge in [0.05, 0.1) is 6.20 Å². The number of hydrogen-bond acceptors (Lipinski definition) is 8.